The molecular weight excluding hydrogens is 118 g/mol. The number of nitrogens with zero attached hydrogens (tertiary/aromatic N) is 2. The molecule has 0 fully saturated rings. The van der Waals surface area contributed by atoms with Gasteiger partial charge in [-0.25, -0.2) is 9.97 Å². The maximum Gasteiger partial charge on any atom is 0.183 e. The summed E-state index contributed by atoms with van der Waals surface area (Å²) in [5.74, 6) is 6.00. The van der Waals surface area contributed by atoms with E-state index >= 15 is 0 Å². The molecule has 1 heterocycles. The molecule has 4 heteroatoms. The van der Waals surface area contributed by atoms with Gasteiger partial charge < -0.3 is 4.84 Å². The molecule has 0 saturated carbocycles. The summed E-state index contributed by atoms with van der Waals surface area (Å²) in [6, 6.07) is 0. The van der Waals surface area contributed by atoms with Gasteiger partial charge in [0.15, 0.2) is 5.75 Å². The minimum Gasteiger partial charge on any atom is -0.408 e. The van der Waals surface area contributed by atoms with E-state index in [1.54, 1.807) is 6.92 Å². The third kappa shape index (κ3) is 1.36. The molecule has 0 atom stereocenters. The van der Waals surface area contributed by atoms with Crippen LogP contribution in [0.15, 0.2) is 12.4 Å². The van der Waals surface area contributed by atoms with Crippen LogP contribution in [0.4, 0.5) is 0 Å². The molecule has 0 aromatic carbocycles. The predicted molar refractivity (Wildman–Crippen MR) is 31.6 cm³/mol. The predicted octanol–water partition coefficient (Wildman–Crippen LogP) is 0.0375. The van der Waals surface area contributed by atoms with Gasteiger partial charge in [-0.3, -0.25) is 0 Å². The van der Waals surface area contributed by atoms with Crippen LogP contribution < -0.4 is 10.7 Å². The van der Waals surface area contributed by atoms with E-state index in [1.165, 1.54) is 12.4 Å². The molecule has 0 aliphatic rings. The zero-order chi connectivity index (χ0) is 6.69. The summed E-state index contributed by atoms with van der Waals surface area (Å²) >= 11 is 0. The van der Waals surface area contributed by atoms with Crippen molar-refractivity contribution in [3.63, 3.8) is 0 Å². The molecule has 1 aromatic heterocycles. The first-order valence-corrected chi connectivity index (χ1v) is 2.48. The van der Waals surface area contributed by atoms with Gasteiger partial charge >= 0.3 is 0 Å². The van der Waals surface area contributed by atoms with Crippen LogP contribution in [0.3, 0.4) is 0 Å². The molecular formula is C5H7N3O. The van der Waals surface area contributed by atoms with Crippen molar-refractivity contribution in [3.05, 3.63) is 18.2 Å². The fourth-order valence-corrected chi connectivity index (χ4v) is 0.442. The molecule has 1 aromatic rings. The van der Waals surface area contributed by atoms with Gasteiger partial charge in [0.05, 0.1) is 12.4 Å². The van der Waals surface area contributed by atoms with Gasteiger partial charge in [-0.15, -0.1) is 0 Å². The zero-order valence-electron chi connectivity index (χ0n) is 5.03. The Kier molecular flexibility index (Phi) is 1.60. The van der Waals surface area contributed by atoms with Crippen LogP contribution in [0.2, 0.25) is 0 Å². The molecule has 0 amide bonds. The second-order valence-corrected chi connectivity index (χ2v) is 1.58. The Morgan fingerprint density at radius 3 is 2.44 bits per heavy atom. The van der Waals surface area contributed by atoms with E-state index in [4.69, 9.17) is 5.90 Å². The van der Waals surface area contributed by atoms with E-state index in [-0.39, 0.29) is 0 Å². The van der Waals surface area contributed by atoms with Crippen molar-refractivity contribution >= 4 is 0 Å². The van der Waals surface area contributed by atoms with Crippen molar-refractivity contribution in [3.8, 4) is 5.75 Å². The van der Waals surface area contributed by atoms with E-state index in [2.05, 4.69) is 14.8 Å². The van der Waals surface area contributed by atoms with Gasteiger partial charge in [-0.2, -0.15) is 5.90 Å². The minimum atomic E-state index is 0.473. The maximum atomic E-state index is 4.82. The highest BCUT2D eigenvalue weighted by atomic mass is 16.6. The normalized spacial score (nSPS) is 9.11. The van der Waals surface area contributed by atoms with E-state index < -0.39 is 0 Å². The highest BCUT2D eigenvalue weighted by Gasteiger charge is 1.89. The molecule has 9 heavy (non-hydrogen) atoms. The van der Waals surface area contributed by atoms with Gasteiger partial charge in [0.1, 0.15) is 5.82 Å². The molecule has 2 N–H and O–H groups in total. The first-order valence-electron chi connectivity index (χ1n) is 2.48. The van der Waals surface area contributed by atoms with Crippen molar-refractivity contribution in [2.45, 2.75) is 6.92 Å². The topological polar surface area (TPSA) is 61.0 Å². The van der Waals surface area contributed by atoms with Crippen LogP contribution in [0, 0.1) is 6.92 Å². The molecule has 0 unspecified atom stereocenters. The van der Waals surface area contributed by atoms with Gasteiger partial charge in [0, 0.05) is 0 Å². The van der Waals surface area contributed by atoms with Gasteiger partial charge in [-0.1, -0.05) is 0 Å². The van der Waals surface area contributed by atoms with Crippen molar-refractivity contribution in [2.75, 3.05) is 0 Å². The number of rotatable bonds is 1. The molecule has 0 aliphatic heterocycles. The van der Waals surface area contributed by atoms with Gasteiger partial charge in [0.2, 0.25) is 0 Å². The Labute approximate surface area is 52.6 Å². The maximum absolute atomic E-state index is 4.82. The van der Waals surface area contributed by atoms with Crippen LogP contribution in [0.25, 0.3) is 0 Å². The molecule has 0 bridgehead atoms. The highest BCUT2D eigenvalue weighted by Crippen LogP contribution is 2.01. The largest absolute Gasteiger partial charge is 0.408 e. The van der Waals surface area contributed by atoms with E-state index in [0.717, 1.165) is 0 Å². The SMILES string of the molecule is Cc1ncc(ON)cn1. The molecule has 0 saturated heterocycles. The monoisotopic (exact) mass is 125 g/mol. The first-order chi connectivity index (χ1) is 4.33. The van der Waals surface area contributed by atoms with Crippen LogP contribution in [0.5, 0.6) is 5.75 Å². The second-order valence-electron chi connectivity index (χ2n) is 1.58. The van der Waals surface area contributed by atoms with Crippen molar-refractivity contribution in [2.24, 2.45) is 5.90 Å². The lowest BCUT2D eigenvalue weighted by molar-refractivity contribution is 0.331. The summed E-state index contributed by atoms with van der Waals surface area (Å²) in [6.45, 7) is 1.79. The number of hydrogen-bond acceptors (Lipinski definition) is 4. The number of aromatic nitrogens is 2. The average molecular weight is 125 g/mol. The van der Waals surface area contributed by atoms with E-state index in [0.29, 0.717) is 11.6 Å². The summed E-state index contributed by atoms with van der Waals surface area (Å²) < 4.78 is 0. The van der Waals surface area contributed by atoms with E-state index in [1.807, 2.05) is 0 Å². The summed E-state index contributed by atoms with van der Waals surface area (Å²) in [6.07, 6.45) is 3.03. The summed E-state index contributed by atoms with van der Waals surface area (Å²) in [5, 5.41) is 0. The summed E-state index contributed by atoms with van der Waals surface area (Å²) in [4.78, 5) is 12.0. The summed E-state index contributed by atoms with van der Waals surface area (Å²) in [7, 11) is 0. The van der Waals surface area contributed by atoms with Crippen molar-refractivity contribution in [1.82, 2.24) is 9.97 Å². The Balaban J connectivity index is 2.88. The standard InChI is InChI=1S/C5H7N3O/c1-4-7-2-5(9-6)3-8-4/h2-3H,6H2,1H3. The molecule has 4 nitrogen and oxygen atoms in total. The Morgan fingerprint density at radius 2 is 2.00 bits per heavy atom. The Hall–Kier alpha value is -1.16. The van der Waals surface area contributed by atoms with Crippen LogP contribution in [-0.2, 0) is 0 Å². The summed E-state index contributed by atoms with van der Waals surface area (Å²) in [5.41, 5.74) is 0. The van der Waals surface area contributed by atoms with Crippen molar-refractivity contribution in [1.29, 1.82) is 0 Å². The zero-order valence-corrected chi connectivity index (χ0v) is 5.03. The third-order valence-electron chi connectivity index (χ3n) is 0.893. The Bertz CT molecular complexity index is 184. The molecule has 1 rings (SSSR count). The molecule has 0 aliphatic carbocycles. The first kappa shape index (κ1) is 5.97. The molecule has 0 radical (unpaired) electrons. The number of aryl methyl sites for hydroxylation is 1. The van der Waals surface area contributed by atoms with E-state index in [9.17, 15) is 0 Å². The highest BCUT2D eigenvalue weighted by molar-refractivity contribution is 5.10. The van der Waals surface area contributed by atoms with Crippen LogP contribution in [0.1, 0.15) is 5.82 Å². The quantitative estimate of drug-likeness (QED) is 0.538. The van der Waals surface area contributed by atoms with Gasteiger partial charge in [-0.05, 0) is 6.92 Å². The van der Waals surface area contributed by atoms with Crippen LogP contribution >= 0.6 is 0 Å². The Morgan fingerprint density at radius 1 is 1.44 bits per heavy atom. The smallest absolute Gasteiger partial charge is 0.183 e. The lowest BCUT2D eigenvalue weighted by Crippen LogP contribution is -2.02. The number of hydrogen-bond donors (Lipinski definition) is 1. The molecule has 0 spiro atoms. The minimum absolute atomic E-state index is 0.473. The molecule has 48 valence electrons. The fraction of sp³-hybridized carbons (Fsp3) is 0.200. The average Bonchev–Trinajstić information content (AvgIpc) is 1.90. The van der Waals surface area contributed by atoms with Crippen LogP contribution in [-0.4, -0.2) is 9.97 Å². The van der Waals surface area contributed by atoms with Gasteiger partial charge in [0.25, 0.3) is 0 Å². The second kappa shape index (κ2) is 2.41. The van der Waals surface area contributed by atoms with Crippen molar-refractivity contribution < 1.29 is 4.84 Å². The fourth-order valence-electron chi connectivity index (χ4n) is 0.442. The lowest BCUT2D eigenvalue weighted by Gasteiger charge is -1.94. The third-order valence-corrected chi connectivity index (χ3v) is 0.893. The number of nitrogens with two attached hydrogens (primary N) is 1. The lowest BCUT2D eigenvalue weighted by atomic mass is 10.6.